The Labute approximate surface area is 266 Å². The minimum atomic E-state index is -4.10. The standard InChI is InChI=1S/C34H44N6O4S/c1-21(2)13-27-20-44-31-17-30(32-22(3)9-7-10-23(32)4)35-34(36-31)37-45(42,43)29-12-8-11-24(14-29)33(41)40(27)26-15-25(16-26)39-18-28(19-39)38(5)6/h7-12,14,17,21,25-28H,13,15-16,18-20H2,1-6H3,(H,35,36,37)/t25?,26?,27-/m1/s1. The number of carbonyl (C=O) groups is 1. The van der Waals surface area contributed by atoms with Gasteiger partial charge in [0.1, 0.15) is 6.61 Å². The number of nitrogens with one attached hydrogen (secondary N) is 1. The van der Waals surface area contributed by atoms with E-state index in [2.05, 4.69) is 52.4 Å². The molecule has 6 rings (SSSR count). The number of rotatable bonds is 6. The molecule has 10 nitrogen and oxygen atoms in total. The van der Waals surface area contributed by atoms with E-state index in [9.17, 15) is 13.2 Å². The second-order valence-corrected chi connectivity index (χ2v) is 15.2. The van der Waals surface area contributed by atoms with Crippen molar-refractivity contribution in [3.63, 3.8) is 0 Å². The average molecular weight is 633 g/mol. The molecule has 1 N–H and O–H groups in total. The Morgan fingerprint density at radius 2 is 1.69 bits per heavy atom. The van der Waals surface area contributed by atoms with Gasteiger partial charge < -0.3 is 14.5 Å². The number of hydrogen-bond acceptors (Lipinski definition) is 8. The molecule has 0 unspecified atom stereocenters. The lowest BCUT2D eigenvalue weighted by atomic mass is 9.80. The lowest BCUT2D eigenvalue weighted by molar-refractivity contribution is -0.0452. The Hall–Kier alpha value is -3.54. The highest BCUT2D eigenvalue weighted by Crippen LogP contribution is 2.37. The van der Waals surface area contributed by atoms with Crippen LogP contribution in [-0.2, 0) is 10.0 Å². The van der Waals surface area contributed by atoms with E-state index in [1.54, 1.807) is 18.2 Å². The van der Waals surface area contributed by atoms with Gasteiger partial charge in [0.05, 0.1) is 16.6 Å². The zero-order valence-electron chi connectivity index (χ0n) is 27.0. The Balaban J connectivity index is 1.39. The average Bonchev–Trinajstić information content (AvgIpc) is 2.92. The monoisotopic (exact) mass is 632 g/mol. The van der Waals surface area contributed by atoms with Gasteiger partial charge in [0.15, 0.2) is 0 Å². The molecule has 45 heavy (non-hydrogen) atoms. The van der Waals surface area contributed by atoms with Crippen LogP contribution in [-0.4, -0.2) is 97.0 Å². The van der Waals surface area contributed by atoms with E-state index >= 15 is 0 Å². The van der Waals surface area contributed by atoms with Crippen LogP contribution in [0.4, 0.5) is 5.95 Å². The third-order valence-corrected chi connectivity index (χ3v) is 10.8. The Kier molecular flexibility index (Phi) is 8.62. The molecule has 2 aromatic carbocycles. The second kappa shape index (κ2) is 12.3. The minimum absolute atomic E-state index is 0.0155. The van der Waals surface area contributed by atoms with Gasteiger partial charge in [-0.3, -0.25) is 9.69 Å². The largest absolute Gasteiger partial charge is 0.475 e. The van der Waals surface area contributed by atoms with E-state index in [1.807, 2.05) is 36.9 Å². The van der Waals surface area contributed by atoms with Crippen LogP contribution in [0.1, 0.15) is 54.6 Å². The summed E-state index contributed by atoms with van der Waals surface area (Å²) in [6, 6.07) is 14.8. The normalized spacial score (nSPS) is 23.7. The number of benzene rings is 2. The van der Waals surface area contributed by atoms with Gasteiger partial charge >= 0.3 is 0 Å². The van der Waals surface area contributed by atoms with Gasteiger partial charge in [0.25, 0.3) is 15.9 Å². The fourth-order valence-electron chi connectivity index (χ4n) is 6.83. The van der Waals surface area contributed by atoms with Crippen LogP contribution in [0.2, 0.25) is 0 Å². The number of nitrogens with zero attached hydrogens (tertiary/aromatic N) is 5. The van der Waals surface area contributed by atoms with Crippen molar-refractivity contribution in [2.45, 2.75) is 76.0 Å². The Morgan fingerprint density at radius 3 is 2.36 bits per heavy atom. The molecule has 3 aliphatic rings. The van der Waals surface area contributed by atoms with E-state index < -0.39 is 10.0 Å². The molecule has 240 valence electrons. The number of amides is 1. The van der Waals surface area contributed by atoms with Crippen LogP contribution >= 0.6 is 0 Å². The fourth-order valence-corrected chi connectivity index (χ4v) is 7.82. The van der Waals surface area contributed by atoms with Crippen molar-refractivity contribution in [3.05, 3.63) is 65.2 Å². The molecule has 1 amide bonds. The molecule has 2 fully saturated rings. The maximum atomic E-state index is 14.4. The number of likely N-dealkylation sites (N-methyl/N-ethyl adjacent to an activating group) is 1. The number of aromatic nitrogens is 2. The number of hydrogen-bond donors (Lipinski definition) is 1. The molecular formula is C34H44N6O4S. The molecule has 1 atom stereocenters. The van der Waals surface area contributed by atoms with Crippen molar-refractivity contribution in [2.75, 3.05) is 38.5 Å². The van der Waals surface area contributed by atoms with E-state index in [-0.39, 0.29) is 41.3 Å². The summed E-state index contributed by atoms with van der Waals surface area (Å²) >= 11 is 0. The number of aryl methyl sites for hydroxylation is 2. The van der Waals surface area contributed by atoms with Gasteiger partial charge in [-0.05, 0) is 82.4 Å². The summed E-state index contributed by atoms with van der Waals surface area (Å²) in [5.41, 5.74) is 3.82. The third-order valence-electron chi connectivity index (χ3n) is 9.47. The lowest BCUT2D eigenvalue weighted by Crippen LogP contribution is -2.66. The second-order valence-electron chi connectivity index (χ2n) is 13.5. The van der Waals surface area contributed by atoms with Crippen LogP contribution in [0.3, 0.4) is 0 Å². The molecule has 1 aliphatic carbocycles. The first-order valence-electron chi connectivity index (χ1n) is 15.8. The summed E-state index contributed by atoms with van der Waals surface area (Å²) in [6.07, 6.45) is 2.50. The Morgan fingerprint density at radius 1 is 1.00 bits per heavy atom. The first-order valence-corrected chi connectivity index (χ1v) is 17.3. The topological polar surface area (TPSA) is 108 Å². The number of ether oxygens (including phenoxy) is 1. The highest BCUT2D eigenvalue weighted by Gasteiger charge is 2.45. The zero-order valence-corrected chi connectivity index (χ0v) is 27.8. The SMILES string of the molecule is Cc1cccc(C)c1-c1cc2nc(n1)NS(=O)(=O)c1cccc(c1)C(=O)N(C1CC(N3CC(N(C)C)C3)C1)[C@H](CC(C)C)CO2. The molecule has 1 saturated heterocycles. The van der Waals surface area contributed by atoms with E-state index in [0.717, 1.165) is 49.0 Å². The number of carbonyl (C=O) groups excluding carboxylic acids is 1. The molecule has 1 aromatic heterocycles. The van der Waals surface area contributed by atoms with Crippen molar-refractivity contribution in [2.24, 2.45) is 5.92 Å². The first kappa shape index (κ1) is 31.4. The van der Waals surface area contributed by atoms with Gasteiger partial charge in [-0.2, -0.15) is 4.98 Å². The molecule has 3 heterocycles. The van der Waals surface area contributed by atoms with Gasteiger partial charge in [-0.1, -0.05) is 38.1 Å². The van der Waals surface area contributed by atoms with Gasteiger partial charge in [0.2, 0.25) is 11.8 Å². The molecule has 1 saturated carbocycles. The molecule has 4 bridgehead atoms. The van der Waals surface area contributed by atoms with Gasteiger partial charge in [0, 0.05) is 48.4 Å². The van der Waals surface area contributed by atoms with E-state index in [0.29, 0.717) is 29.3 Å². The summed E-state index contributed by atoms with van der Waals surface area (Å²) in [7, 11) is 0.137. The molecule has 2 aliphatic heterocycles. The van der Waals surface area contributed by atoms with E-state index in [4.69, 9.17) is 4.74 Å². The lowest BCUT2D eigenvalue weighted by Gasteiger charge is -2.55. The molecular weight excluding hydrogens is 588 g/mol. The van der Waals surface area contributed by atoms with Crippen molar-refractivity contribution in [1.82, 2.24) is 24.7 Å². The van der Waals surface area contributed by atoms with E-state index in [1.165, 1.54) is 12.1 Å². The van der Waals surface area contributed by atoms with Crippen molar-refractivity contribution < 1.29 is 17.9 Å². The minimum Gasteiger partial charge on any atom is -0.475 e. The van der Waals surface area contributed by atoms with Crippen molar-refractivity contribution in [3.8, 4) is 17.1 Å². The summed E-state index contributed by atoms with van der Waals surface area (Å²) in [4.78, 5) is 30.2. The number of fused-ring (bicyclic) bond motifs is 4. The van der Waals surface area contributed by atoms with Crippen molar-refractivity contribution in [1.29, 1.82) is 0 Å². The maximum Gasteiger partial charge on any atom is 0.264 e. The molecule has 11 heteroatoms. The predicted octanol–water partition coefficient (Wildman–Crippen LogP) is 4.59. The van der Waals surface area contributed by atoms with Gasteiger partial charge in [-0.25, -0.2) is 18.1 Å². The summed E-state index contributed by atoms with van der Waals surface area (Å²) in [5, 5.41) is 0. The van der Waals surface area contributed by atoms with Crippen LogP contribution in [0, 0.1) is 19.8 Å². The van der Waals surface area contributed by atoms with Crippen LogP contribution in [0.5, 0.6) is 5.88 Å². The van der Waals surface area contributed by atoms with Crippen molar-refractivity contribution >= 4 is 21.9 Å². The maximum absolute atomic E-state index is 14.4. The molecule has 3 aromatic rings. The van der Waals surface area contributed by atoms with Crippen LogP contribution < -0.4 is 9.46 Å². The number of sulfonamides is 1. The van der Waals surface area contributed by atoms with Crippen LogP contribution in [0.15, 0.2) is 53.4 Å². The van der Waals surface area contributed by atoms with Crippen LogP contribution in [0.25, 0.3) is 11.3 Å². The highest BCUT2D eigenvalue weighted by atomic mass is 32.2. The molecule has 0 radical (unpaired) electrons. The number of likely N-dealkylation sites (tertiary alicyclic amines) is 1. The van der Waals surface area contributed by atoms with Gasteiger partial charge in [-0.15, -0.1) is 0 Å². The summed E-state index contributed by atoms with van der Waals surface area (Å²) in [5.74, 6) is 0.309. The Bertz CT molecular complexity index is 1660. The quantitative estimate of drug-likeness (QED) is 0.421. The highest BCUT2D eigenvalue weighted by molar-refractivity contribution is 7.92. The zero-order chi connectivity index (χ0) is 32.0. The predicted molar refractivity (Wildman–Crippen MR) is 175 cm³/mol. The smallest absolute Gasteiger partial charge is 0.264 e. The third kappa shape index (κ3) is 6.43. The summed E-state index contributed by atoms with van der Waals surface area (Å²) < 4.78 is 36.2. The summed E-state index contributed by atoms with van der Waals surface area (Å²) in [6.45, 7) is 10.6. The molecule has 0 spiro atoms. The number of anilines is 1. The first-order chi connectivity index (χ1) is 21.4. The fraction of sp³-hybridized carbons (Fsp3) is 0.500.